The van der Waals surface area contributed by atoms with E-state index in [1.165, 1.54) is 11.8 Å². The number of hydrogen-bond acceptors (Lipinski definition) is 3. The summed E-state index contributed by atoms with van der Waals surface area (Å²) < 4.78 is 5.42. The lowest BCUT2D eigenvalue weighted by atomic mass is 10.0. The molecule has 0 unspecified atom stereocenters. The number of ether oxygens (including phenoxy) is 1. The molecule has 0 aromatic heterocycles. The lowest BCUT2D eigenvalue weighted by Crippen LogP contribution is -2.24. The number of rotatable bonds is 7. The van der Waals surface area contributed by atoms with Gasteiger partial charge in [0.2, 0.25) is 0 Å². The Morgan fingerprint density at radius 2 is 1.83 bits per heavy atom. The van der Waals surface area contributed by atoms with Crippen molar-refractivity contribution in [3.05, 3.63) is 71.8 Å². The standard InChI is InChI=1S/C20H22N2O2/c1-16(2)18-10-12-19(13-11-18)24-15-20(23)22-21-14-6-9-17-7-4-3-5-8-17/h3-14,16H,15H2,1-2H3,(H,22,23)/b9-6+,21-14-. The molecule has 0 radical (unpaired) electrons. The van der Waals surface area contributed by atoms with Crippen LogP contribution in [0.4, 0.5) is 0 Å². The summed E-state index contributed by atoms with van der Waals surface area (Å²) in [5.74, 6) is 0.843. The number of amides is 1. The first-order valence-electron chi connectivity index (χ1n) is 7.91. The van der Waals surface area contributed by atoms with E-state index in [0.29, 0.717) is 11.7 Å². The van der Waals surface area contributed by atoms with Crippen molar-refractivity contribution < 1.29 is 9.53 Å². The van der Waals surface area contributed by atoms with E-state index in [4.69, 9.17) is 4.74 Å². The smallest absolute Gasteiger partial charge is 0.277 e. The average molecular weight is 322 g/mol. The molecule has 0 bridgehead atoms. The summed E-state index contributed by atoms with van der Waals surface area (Å²) >= 11 is 0. The van der Waals surface area contributed by atoms with Crippen LogP contribution in [0, 0.1) is 0 Å². The van der Waals surface area contributed by atoms with Crippen LogP contribution in [0.1, 0.15) is 30.9 Å². The Bertz CT molecular complexity index is 689. The number of benzene rings is 2. The highest BCUT2D eigenvalue weighted by Gasteiger charge is 2.02. The van der Waals surface area contributed by atoms with Crippen LogP contribution >= 0.6 is 0 Å². The highest BCUT2D eigenvalue weighted by molar-refractivity contribution is 5.81. The van der Waals surface area contributed by atoms with Gasteiger partial charge in [-0.05, 0) is 35.3 Å². The van der Waals surface area contributed by atoms with Crippen LogP contribution in [0.3, 0.4) is 0 Å². The molecule has 0 aliphatic carbocycles. The summed E-state index contributed by atoms with van der Waals surface area (Å²) in [5, 5.41) is 3.84. The topological polar surface area (TPSA) is 50.7 Å². The number of hydrogen-bond donors (Lipinski definition) is 1. The van der Waals surface area contributed by atoms with Crippen molar-refractivity contribution in [1.29, 1.82) is 0 Å². The third kappa shape index (κ3) is 6.08. The fraction of sp³-hybridized carbons (Fsp3) is 0.200. The third-order valence-electron chi connectivity index (χ3n) is 3.35. The third-order valence-corrected chi connectivity index (χ3v) is 3.35. The minimum atomic E-state index is -0.299. The molecule has 0 aliphatic rings. The minimum Gasteiger partial charge on any atom is -0.484 e. The van der Waals surface area contributed by atoms with E-state index < -0.39 is 0 Å². The highest BCUT2D eigenvalue weighted by atomic mass is 16.5. The maximum absolute atomic E-state index is 11.7. The summed E-state index contributed by atoms with van der Waals surface area (Å²) in [6.07, 6.45) is 5.20. The largest absolute Gasteiger partial charge is 0.484 e. The van der Waals surface area contributed by atoms with Crippen molar-refractivity contribution in [1.82, 2.24) is 5.43 Å². The Balaban J connectivity index is 1.71. The molecule has 24 heavy (non-hydrogen) atoms. The monoisotopic (exact) mass is 322 g/mol. The Kier molecular flexibility index (Phi) is 6.77. The molecule has 0 fully saturated rings. The van der Waals surface area contributed by atoms with Gasteiger partial charge in [-0.25, -0.2) is 5.43 Å². The molecule has 1 amide bonds. The van der Waals surface area contributed by atoms with Crippen LogP contribution in [-0.4, -0.2) is 18.7 Å². The highest BCUT2D eigenvalue weighted by Crippen LogP contribution is 2.18. The molecular formula is C20H22N2O2. The Labute approximate surface area is 142 Å². The molecule has 0 saturated heterocycles. The van der Waals surface area contributed by atoms with Crippen LogP contribution in [0.15, 0.2) is 65.8 Å². The predicted molar refractivity (Wildman–Crippen MR) is 98.1 cm³/mol. The van der Waals surface area contributed by atoms with E-state index in [1.807, 2.05) is 60.7 Å². The molecular weight excluding hydrogens is 300 g/mol. The molecule has 0 spiro atoms. The average Bonchev–Trinajstić information content (AvgIpc) is 2.61. The fourth-order valence-corrected chi connectivity index (χ4v) is 2.00. The van der Waals surface area contributed by atoms with Gasteiger partial charge in [0.1, 0.15) is 5.75 Å². The van der Waals surface area contributed by atoms with E-state index in [1.54, 1.807) is 6.08 Å². The first kappa shape index (κ1) is 17.5. The molecule has 0 atom stereocenters. The molecule has 4 nitrogen and oxygen atoms in total. The van der Waals surface area contributed by atoms with Gasteiger partial charge >= 0.3 is 0 Å². The summed E-state index contributed by atoms with van der Waals surface area (Å²) in [6, 6.07) is 17.6. The molecule has 0 heterocycles. The van der Waals surface area contributed by atoms with Gasteiger partial charge in [-0.15, -0.1) is 0 Å². The molecule has 2 aromatic rings. The van der Waals surface area contributed by atoms with Gasteiger partial charge in [0, 0.05) is 6.21 Å². The van der Waals surface area contributed by atoms with Crippen LogP contribution in [0.25, 0.3) is 6.08 Å². The first-order valence-corrected chi connectivity index (χ1v) is 7.91. The maximum atomic E-state index is 11.7. The summed E-state index contributed by atoms with van der Waals surface area (Å²) in [6.45, 7) is 4.20. The van der Waals surface area contributed by atoms with Crippen LogP contribution < -0.4 is 10.2 Å². The van der Waals surface area contributed by atoms with Crippen molar-refractivity contribution in [3.8, 4) is 5.75 Å². The number of nitrogens with zero attached hydrogens (tertiary/aromatic N) is 1. The summed E-state index contributed by atoms with van der Waals surface area (Å²) in [7, 11) is 0. The quantitative estimate of drug-likeness (QED) is 0.618. The Morgan fingerprint density at radius 3 is 2.50 bits per heavy atom. The number of allylic oxidation sites excluding steroid dienone is 1. The second kappa shape index (κ2) is 9.30. The minimum absolute atomic E-state index is 0.0687. The second-order valence-electron chi connectivity index (χ2n) is 5.60. The van der Waals surface area contributed by atoms with E-state index in [-0.39, 0.29) is 12.5 Å². The first-order chi connectivity index (χ1) is 11.6. The van der Waals surface area contributed by atoms with E-state index >= 15 is 0 Å². The van der Waals surface area contributed by atoms with Gasteiger partial charge in [0.05, 0.1) is 0 Å². The van der Waals surface area contributed by atoms with Gasteiger partial charge in [-0.3, -0.25) is 4.79 Å². The molecule has 2 aromatic carbocycles. The van der Waals surface area contributed by atoms with Crippen molar-refractivity contribution >= 4 is 18.2 Å². The van der Waals surface area contributed by atoms with Crippen LogP contribution in [0.5, 0.6) is 5.75 Å². The summed E-state index contributed by atoms with van der Waals surface area (Å²) in [4.78, 5) is 11.7. The van der Waals surface area contributed by atoms with Gasteiger partial charge in [0.15, 0.2) is 6.61 Å². The molecule has 124 valence electrons. The van der Waals surface area contributed by atoms with Crippen LogP contribution in [0.2, 0.25) is 0 Å². The number of hydrazone groups is 1. The maximum Gasteiger partial charge on any atom is 0.277 e. The zero-order valence-corrected chi connectivity index (χ0v) is 14.0. The van der Waals surface area contributed by atoms with Crippen molar-refractivity contribution in [3.63, 3.8) is 0 Å². The number of carbonyl (C=O) groups is 1. The number of nitrogens with one attached hydrogen (secondary N) is 1. The van der Waals surface area contributed by atoms with Gasteiger partial charge < -0.3 is 4.74 Å². The van der Waals surface area contributed by atoms with E-state index in [2.05, 4.69) is 24.4 Å². The Hall–Kier alpha value is -2.88. The van der Waals surface area contributed by atoms with Gasteiger partial charge in [-0.2, -0.15) is 5.10 Å². The normalized spacial score (nSPS) is 11.3. The summed E-state index contributed by atoms with van der Waals surface area (Å²) in [5.41, 5.74) is 4.73. The van der Waals surface area contributed by atoms with Crippen molar-refractivity contribution in [2.24, 2.45) is 5.10 Å². The van der Waals surface area contributed by atoms with E-state index in [9.17, 15) is 4.79 Å². The lowest BCUT2D eigenvalue weighted by molar-refractivity contribution is -0.123. The van der Waals surface area contributed by atoms with Gasteiger partial charge in [-0.1, -0.05) is 62.4 Å². The molecule has 2 rings (SSSR count). The van der Waals surface area contributed by atoms with Crippen LogP contribution in [-0.2, 0) is 4.79 Å². The zero-order chi connectivity index (χ0) is 17.2. The fourth-order valence-electron chi connectivity index (χ4n) is 2.00. The molecule has 0 aliphatic heterocycles. The SMILES string of the molecule is CC(C)c1ccc(OCC(=O)N/N=C\C=C\c2ccccc2)cc1. The second-order valence-corrected chi connectivity index (χ2v) is 5.60. The lowest BCUT2D eigenvalue weighted by Gasteiger charge is -2.08. The van der Waals surface area contributed by atoms with Gasteiger partial charge in [0.25, 0.3) is 5.91 Å². The molecule has 1 N–H and O–H groups in total. The zero-order valence-electron chi connectivity index (χ0n) is 14.0. The van der Waals surface area contributed by atoms with Crippen molar-refractivity contribution in [2.45, 2.75) is 19.8 Å². The molecule has 4 heteroatoms. The Morgan fingerprint density at radius 1 is 1.12 bits per heavy atom. The van der Waals surface area contributed by atoms with Crippen molar-refractivity contribution in [2.75, 3.05) is 6.61 Å². The molecule has 0 saturated carbocycles. The van der Waals surface area contributed by atoms with E-state index in [0.717, 1.165) is 5.56 Å². The predicted octanol–water partition coefficient (Wildman–Crippen LogP) is 4.00. The number of carbonyl (C=O) groups excluding carboxylic acids is 1.